The van der Waals surface area contributed by atoms with Gasteiger partial charge in [-0.15, -0.1) is 11.3 Å². The summed E-state index contributed by atoms with van der Waals surface area (Å²) in [7, 11) is 0. The van der Waals surface area contributed by atoms with Gasteiger partial charge in [0.1, 0.15) is 5.76 Å². The first-order valence-corrected chi connectivity index (χ1v) is 10.6. The summed E-state index contributed by atoms with van der Waals surface area (Å²) in [6.07, 6.45) is 1.56. The molecule has 2 aromatic carbocycles. The van der Waals surface area contributed by atoms with Crippen molar-refractivity contribution in [2.45, 2.75) is 13.5 Å². The number of furan rings is 1. The van der Waals surface area contributed by atoms with Gasteiger partial charge in [0.2, 0.25) is 0 Å². The van der Waals surface area contributed by atoms with Crippen molar-refractivity contribution in [3.05, 3.63) is 94.6 Å². The molecule has 0 fully saturated rings. The van der Waals surface area contributed by atoms with Crippen LogP contribution in [0.4, 0.5) is 16.2 Å². The van der Waals surface area contributed by atoms with Crippen LogP contribution in [-0.4, -0.2) is 11.9 Å². The first-order chi connectivity index (χ1) is 15.1. The maximum Gasteiger partial charge on any atom is 0.319 e. The monoisotopic (exact) mass is 431 g/mol. The Bertz CT molecular complexity index is 1160. The second kappa shape index (κ2) is 9.32. The predicted octanol–water partition coefficient (Wildman–Crippen LogP) is 5.89. The maximum absolute atomic E-state index is 12.8. The van der Waals surface area contributed by atoms with Crippen molar-refractivity contribution in [2.24, 2.45) is 0 Å². The van der Waals surface area contributed by atoms with Crippen LogP contribution in [0.1, 0.15) is 21.0 Å². The fraction of sp³-hybridized carbons (Fsp3) is 0.0833. The summed E-state index contributed by atoms with van der Waals surface area (Å²) in [6.45, 7) is 2.34. The molecule has 0 saturated heterocycles. The van der Waals surface area contributed by atoms with Crippen LogP contribution in [0.25, 0.3) is 11.1 Å². The number of carbonyl (C=O) groups excluding carboxylic acids is 2. The fourth-order valence-corrected chi connectivity index (χ4v) is 3.84. The highest BCUT2D eigenvalue weighted by Crippen LogP contribution is 2.29. The predicted molar refractivity (Wildman–Crippen MR) is 123 cm³/mol. The molecule has 2 heterocycles. The largest absolute Gasteiger partial charge is 0.467 e. The lowest BCUT2D eigenvalue weighted by Gasteiger charge is -2.09. The van der Waals surface area contributed by atoms with Gasteiger partial charge < -0.3 is 20.4 Å². The Balaban J connectivity index is 1.36. The van der Waals surface area contributed by atoms with E-state index in [1.165, 1.54) is 16.9 Å². The highest BCUT2D eigenvalue weighted by molar-refractivity contribution is 7.12. The molecular formula is C24H21N3O3S. The summed E-state index contributed by atoms with van der Waals surface area (Å²) >= 11 is 1.41. The molecule has 0 aliphatic carbocycles. The number of amides is 3. The van der Waals surface area contributed by atoms with Crippen molar-refractivity contribution >= 4 is 34.6 Å². The van der Waals surface area contributed by atoms with E-state index in [-0.39, 0.29) is 11.9 Å². The van der Waals surface area contributed by atoms with Gasteiger partial charge in [0.05, 0.1) is 17.7 Å². The van der Waals surface area contributed by atoms with Crippen LogP contribution in [0.3, 0.4) is 0 Å². The molecule has 31 heavy (non-hydrogen) atoms. The third kappa shape index (κ3) is 5.21. The zero-order chi connectivity index (χ0) is 21.6. The second-order valence-electron chi connectivity index (χ2n) is 6.95. The molecule has 0 aliphatic rings. The van der Waals surface area contributed by atoms with Crippen molar-refractivity contribution in [3.8, 4) is 11.1 Å². The molecule has 156 valence electrons. The van der Waals surface area contributed by atoms with Gasteiger partial charge in [0.15, 0.2) is 0 Å². The molecule has 0 atom stereocenters. The van der Waals surface area contributed by atoms with Crippen molar-refractivity contribution in [3.63, 3.8) is 0 Å². The van der Waals surface area contributed by atoms with Gasteiger partial charge in [-0.3, -0.25) is 4.79 Å². The molecule has 0 radical (unpaired) electrons. The van der Waals surface area contributed by atoms with Crippen molar-refractivity contribution in [2.75, 3.05) is 10.6 Å². The molecule has 0 aliphatic heterocycles. The molecule has 0 spiro atoms. The molecule has 0 saturated carbocycles. The number of urea groups is 1. The lowest BCUT2D eigenvalue weighted by Crippen LogP contribution is -2.27. The highest BCUT2D eigenvalue weighted by Gasteiger charge is 2.15. The first kappa shape index (κ1) is 20.4. The number of benzene rings is 2. The Labute approximate surface area is 183 Å². The Morgan fingerprint density at radius 3 is 2.29 bits per heavy atom. The number of carbonyl (C=O) groups is 2. The number of anilines is 2. The van der Waals surface area contributed by atoms with Crippen molar-refractivity contribution in [1.29, 1.82) is 0 Å². The summed E-state index contributed by atoms with van der Waals surface area (Å²) < 4.78 is 5.18. The summed E-state index contributed by atoms with van der Waals surface area (Å²) in [5, 5.41) is 10.3. The molecule has 3 N–H and O–H groups in total. The van der Waals surface area contributed by atoms with Crippen LogP contribution >= 0.6 is 11.3 Å². The van der Waals surface area contributed by atoms with Crippen molar-refractivity contribution < 1.29 is 14.0 Å². The second-order valence-corrected chi connectivity index (χ2v) is 7.86. The van der Waals surface area contributed by atoms with E-state index in [0.717, 1.165) is 11.1 Å². The van der Waals surface area contributed by atoms with Crippen LogP contribution in [-0.2, 0) is 6.54 Å². The van der Waals surface area contributed by atoms with Gasteiger partial charge in [-0.1, -0.05) is 29.8 Å². The minimum Gasteiger partial charge on any atom is -0.467 e. The van der Waals surface area contributed by atoms with E-state index < -0.39 is 0 Å². The van der Waals surface area contributed by atoms with Gasteiger partial charge in [0, 0.05) is 16.9 Å². The number of thiophene rings is 1. The summed E-state index contributed by atoms with van der Waals surface area (Å²) in [5.41, 5.74) is 4.36. The minimum atomic E-state index is -0.338. The van der Waals surface area contributed by atoms with Gasteiger partial charge >= 0.3 is 6.03 Å². The SMILES string of the molecule is Cc1ccc(-c2ccsc2C(=O)Nc2ccc(NC(=O)NCc3ccco3)cc2)cc1. The van der Waals surface area contributed by atoms with E-state index in [1.54, 1.807) is 42.7 Å². The third-order valence-corrected chi connectivity index (χ3v) is 5.55. The Morgan fingerprint density at radius 2 is 1.61 bits per heavy atom. The van der Waals surface area contributed by atoms with Crippen LogP contribution in [0, 0.1) is 6.92 Å². The summed E-state index contributed by atoms with van der Waals surface area (Å²) in [6, 6.07) is 20.2. The van der Waals surface area contributed by atoms with E-state index in [1.807, 2.05) is 42.6 Å². The molecule has 3 amide bonds. The Kier molecular flexibility index (Phi) is 6.14. The van der Waals surface area contributed by atoms with Gasteiger partial charge in [-0.05, 0) is 60.3 Å². The molecule has 6 nitrogen and oxygen atoms in total. The summed E-state index contributed by atoms with van der Waals surface area (Å²) in [4.78, 5) is 25.4. The smallest absolute Gasteiger partial charge is 0.319 e. The van der Waals surface area contributed by atoms with E-state index in [4.69, 9.17) is 4.42 Å². The third-order valence-electron chi connectivity index (χ3n) is 4.64. The zero-order valence-electron chi connectivity index (χ0n) is 16.8. The maximum atomic E-state index is 12.8. The zero-order valence-corrected chi connectivity index (χ0v) is 17.7. The van der Waals surface area contributed by atoms with Crippen LogP contribution < -0.4 is 16.0 Å². The average molecular weight is 432 g/mol. The fourth-order valence-electron chi connectivity index (χ4n) is 3.03. The number of hydrogen-bond donors (Lipinski definition) is 3. The van der Waals surface area contributed by atoms with Crippen LogP contribution in [0.15, 0.2) is 82.8 Å². The Morgan fingerprint density at radius 1 is 0.903 bits per heavy atom. The number of nitrogens with one attached hydrogen (secondary N) is 3. The highest BCUT2D eigenvalue weighted by atomic mass is 32.1. The van der Waals surface area contributed by atoms with E-state index in [9.17, 15) is 9.59 Å². The van der Waals surface area contributed by atoms with E-state index in [2.05, 4.69) is 16.0 Å². The lowest BCUT2D eigenvalue weighted by atomic mass is 10.0. The molecular weight excluding hydrogens is 410 g/mol. The van der Waals surface area contributed by atoms with E-state index >= 15 is 0 Å². The molecule has 7 heteroatoms. The van der Waals surface area contributed by atoms with Gasteiger partial charge in [-0.25, -0.2) is 4.79 Å². The van der Waals surface area contributed by atoms with Crippen molar-refractivity contribution in [1.82, 2.24) is 5.32 Å². The first-order valence-electron chi connectivity index (χ1n) is 9.72. The quantitative estimate of drug-likeness (QED) is 0.356. The standard InChI is InChI=1S/C24H21N3O3S/c1-16-4-6-17(7-5-16)21-12-14-31-22(21)23(28)26-18-8-10-19(11-9-18)27-24(29)25-15-20-3-2-13-30-20/h2-14H,15H2,1H3,(H,26,28)(H2,25,27,29). The number of aryl methyl sites for hydroxylation is 1. The van der Waals surface area contributed by atoms with E-state index in [0.29, 0.717) is 28.6 Å². The molecule has 4 aromatic rings. The number of rotatable bonds is 6. The van der Waals surface area contributed by atoms with Crippen LogP contribution in [0.5, 0.6) is 0 Å². The summed E-state index contributed by atoms with van der Waals surface area (Å²) in [5.74, 6) is 0.509. The minimum absolute atomic E-state index is 0.164. The normalized spacial score (nSPS) is 10.5. The topological polar surface area (TPSA) is 83.4 Å². The molecule has 4 rings (SSSR count). The molecule has 2 aromatic heterocycles. The van der Waals surface area contributed by atoms with Crippen LogP contribution in [0.2, 0.25) is 0 Å². The Hall–Kier alpha value is -3.84. The lowest BCUT2D eigenvalue weighted by molar-refractivity contribution is 0.103. The van der Waals surface area contributed by atoms with Gasteiger partial charge in [-0.2, -0.15) is 0 Å². The number of hydrogen-bond acceptors (Lipinski definition) is 4. The molecule has 0 bridgehead atoms. The molecule has 0 unspecified atom stereocenters. The van der Waals surface area contributed by atoms with Gasteiger partial charge in [0.25, 0.3) is 5.91 Å². The average Bonchev–Trinajstić information content (AvgIpc) is 3.46.